The Hall–Kier alpha value is -2.44. The second-order valence-electron chi connectivity index (χ2n) is 7.76. The average molecular weight is 439 g/mol. The smallest absolute Gasteiger partial charge is 0.242 e. The van der Waals surface area contributed by atoms with Gasteiger partial charge in [-0.15, -0.1) is 22.7 Å². The lowest BCUT2D eigenvalue weighted by Gasteiger charge is -2.27. The Kier molecular flexibility index (Phi) is 6.65. The maximum Gasteiger partial charge on any atom is 0.242 e. The standard InChI is InChI=1S/C24H26N2O2S2/c1-18-9-12-22(30-18)16-25(15-19-6-3-2-4-7-19)24(28)17-26(20-10-11-20)23(27)14-21-8-5-13-29-21/h2-9,12-13,20H,10-11,14-17H2,1H3. The number of aryl methyl sites for hydroxylation is 1. The maximum absolute atomic E-state index is 13.3. The van der Waals surface area contributed by atoms with Gasteiger partial charge in [0.15, 0.2) is 0 Å². The van der Waals surface area contributed by atoms with Crippen LogP contribution in [0, 0.1) is 6.92 Å². The van der Waals surface area contributed by atoms with Gasteiger partial charge in [0, 0.05) is 27.2 Å². The van der Waals surface area contributed by atoms with Gasteiger partial charge in [-0.2, -0.15) is 0 Å². The number of rotatable bonds is 9. The molecular weight excluding hydrogens is 412 g/mol. The van der Waals surface area contributed by atoms with E-state index in [0.717, 1.165) is 23.3 Å². The highest BCUT2D eigenvalue weighted by atomic mass is 32.1. The first-order valence-corrected chi connectivity index (χ1v) is 12.0. The zero-order valence-electron chi connectivity index (χ0n) is 17.1. The Bertz CT molecular complexity index is 978. The van der Waals surface area contributed by atoms with Gasteiger partial charge in [-0.05, 0) is 48.9 Å². The van der Waals surface area contributed by atoms with E-state index in [-0.39, 0.29) is 24.4 Å². The molecule has 6 heteroatoms. The summed E-state index contributed by atoms with van der Waals surface area (Å²) >= 11 is 3.31. The van der Waals surface area contributed by atoms with Crippen LogP contribution in [0.5, 0.6) is 0 Å². The fourth-order valence-electron chi connectivity index (χ4n) is 3.51. The summed E-state index contributed by atoms with van der Waals surface area (Å²) in [5.74, 6) is 0.0660. The molecule has 1 aromatic carbocycles. The first-order chi connectivity index (χ1) is 14.6. The topological polar surface area (TPSA) is 40.6 Å². The zero-order chi connectivity index (χ0) is 20.9. The van der Waals surface area contributed by atoms with Crippen LogP contribution in [0.4, 0.5) is 0 Å². The van der Waals surface area contributed by atoms with Crippen molar-refractivity contribution >= 4 is 34.5 Å². The van der Waals surface area contributed by atoms with Crippen LogP contribution in [0.15, 0.2) is 60.0 Å². The molecule has 4 nitrogen and oxygen atoms in total. The second kappa shape index (κ2) is 9.58. The Morgan fingerprint density at radius 3 is 2.37 bits per heavy atom. The quantitative estimate of drug-likeness (QED) is 0.478. The summed E-state index contributed by atoms with van der Waals surface area (Å²) in [7, 11) is 0. The van der Waals surface area contributed by atoms with E-state index in [2.05, 4.69) is 19.1 Å². The first kappa shape index (κ1) is 20.8. The lowest BCUT2D eigenvalue weighted by Crippen LogP contribution is -2.44. The van der Waals surface area contributed by atoms with Crippen molar-refractivity contribution in [3.8, 4) is 0 Å². The van der Waals surface area contributed by atoms with Gasteiger partial charge in [0.05, 0.1) is 13.0 Å². The van der Waals surface area contributed by atoms with Crippen LogP contribution < -0.4 is 0 Å². The summed E-state index contributed by atoms with van der Waals surface area (Å²) in [6.07, 6.45) is 2.36. The molecule has 0 bridgehead atoms. The van der Waals surface area contributed by atoms with Crippen molar-refractivity contribution in [2.45, 2.75) is 45.3 Å². The minimum Gasteiger partial charge on any atom is -0.332 e. The number of carbonyl (C=O) groups is 2. The van der Waals surface area contributed by atoms with Crippen molar-refractivity contribution in [3.63, 3.8) is 0 Å². The van der Waals surface area contributed by atoms with E-state index >= 15 is 0 Å². The summed E-state index contributed by atoms with van der Waals surface area (Å²) in [5.41, 5.74) is 1.10. The van der Waals surface area contributed by atoms with Crippen LogP contribution in [-0.2, 0) is 29.1 Å². The van der Waals surface area contributed by atoms with E-state index in [0.29, 0.717) is 19.5 Å². The molecule has 0 radical (unpaired) electrons. The summed E-state index contributed by atoms with van der Waals surface area (Å²) < 4.78 is 0. The van der Waals surface area contributed by atoms with Crippen molar-refractivity contribution in [2.75, 3.05) is 6.54 Å². The van der Waals surface area contributed by atoms with Crippen LogP contribution in [0.1, 0.15) is 33.0 Å². The van der Waals surface area contributed by atoms with Gasteiger partial charge in [-0.25, -0.2) is 0 Å². The van der Waals surface area contributed by atoms with Crippen molar-refractivity contribution in [2.24, 2.45) is 0 Å². The molecule has 1 aliphatic rings. The van der Waals surface area contributed by atoms with Gasteiger partial charge in [0.1, 0.15) is 6.54 Å². The molecule has 2 aromatic heterocycles. The van der Waals surface area contributed by atoms with Gasteiger partial charge < -0.3 is 9.80 Å². The number of nitrogens with zero attached hydrogens (tertiary/aromatic N) is 2. The van der Waals surface area contributed by atoms with Gasteiger partial charge >= 0.3 is 0 Å². The molecule has 0 saturated heterocycles. The molecular formula is C24H26N2O2S2. The van der Waals surface area contributed by atoms with Crippen LogP contribution in [-0.4, -0.2) is 34.2 Å². The van der Waals surface area contributed by atoms with Crippen LogP contribution in [0.2, 0.25) is 0 Å². The number of hydrogen-bond donors (Lipinski definition) is 0. The Labute approximate surface area is 185 Å². The normalized spacial score (nSPS) is 13.2. The molecule has 30 heavy (non-hydrogen) atoms. The fraction of sp³-hybridized carbons (Fsp3) is 0.333. The number of amides is 2. The van der Waals surface area contributed by atoms with Gasteiger partial charge in [-0.1, -0.05) is 36.4 Å². The molecule has 4 rings (SSSR count). The van der Waals surface area contributed by atoms with Crippen LogP contribution in [0.3, 0.4) is 0 Å². The largest absolute Gasteiger partial charge is 0.332 e. The monoisotopic (exact) mass is 438 g/mol. The predicted molar refractivity (Wildman–Crippen MR) is 123 cm³/mol. The summed E-state index contributed by atoms with van der Waals surface area (Å²) in [4.78, 5) is 33.4. The molecule has 0 aliphatic heterocycles. The Morgan fingerprint density at radius 2 is 1.73 bits per heavy atom. The molecule has 2 heterocycles. The lowest BCUT2D eigenvalue weighted by atomic mass is 10.2. The molecule has 3 aromatic rings. The number of benzene rings is 1. The molecule has 0 atom stereocenters. The third-order valence-corrected chi connectivity index (χ3v) is 7.09. The Balaban J connectivity index is 1.48. The summed E-state index contributed by atoms with van der Waals surface area (Å²) in [6.45, 7) is 3.36. The lowest BCUT2D eigenvalue weighted by molar-refractivity contribution is -0.141. The van der Waals surface area contributed by atoms with Gasteiger partial charge in [0.25, 0.3) is 0 Å². The zero-order valence-corrected chi connectivity index (χ0v) is 18.8. The van der Waals surface area contributed by atoms with Crippen molar-refractivity contribution in [1.82, 2.24) is 9.80 Å². The van der Waals surface area contributed by atoms with E-state index in [4.69, 9.17) is 0 Å². The molecule has 1 fully saturated rings. The van der Waals surface area contributed by atoms with E-state index < -0.39 is 0 Å². The summed E-state index contributed by atoms with van der Waals surface area (Å²) in [5, 5.41) is 1.99. The third-order valence-electron chi connectivity index (χ3n) is 5.23. The molecule has 0 N–H and O–H groups in total. The third kappa shape index (κ3) is 5.58. The number of thiophene rings is 2. The van der Waals surface area contributed by atoms with Gasteiger partial charge in [-0.3, -0.25) is 9.59 Å². The molecule has 156 valence electrons. The SMILES string of the molecule is Cc1ccc(CN(Cc2ccccc2)C(=O)CN(C(=O)Cc2cccs2)C2CC2)s1. The molecule has 0 unspecified atom stereocenters. The summed E-state index contributed by atoms with van der Waals surface area (Å²) in [6, 6.07) is 18.4. The van der Waals surface area contributed by atoms with E-state index in [9.17, 15) is 9.59 Å². The predicted octanol–water partition coefficient (Wildman–Crippen LogP) is 4.88. The van der Waals surface area contributed by atoms with Crippen molar-refractivity contribution in [3.05, 3.63) is 80.2 Å². The van der Waals surface area contributed by atoms with Crippen LogP contribution >= 0.6 is 22.7 Å². The van der Waals surface area contributed by atoms with E-state index in [1.54, 1.807) is 27.6 Å². The highest BCUT2D eigenvalue weighted by Gasteiger charge is 2.34. The molecule has 1 saturated carbocycles. The maximum atomic E-state index is 13.3. The minimum absolute atomic E-state index is 0.0105. The second-order valence-corrected chi connectivity index (χ2v) is 10.2. The van der Waals surface area contributed by atoms with Gasteiger partial charge in [0.2, 0.25) is 11.8 Å². The van der Waals surface area contributed by atoms with E-state index in [1.807, 2.05) is 52.7 Å². The van der Waals surface area contributed by atoms with E-state index in [1.165, 1.54) is 9.75 Å². The Morgan fingerprint density at radius 1 is 0.933 bits per heavy atom. The van der Waals surface area contributed by atoms with Crippen molar-refractivity contribution < 1.29 is 9.59 Å². The van der Waals surface area contributed by atoms with Crippen molar-refractivity contribution in [1.29, 1.82) is 0 Å². The highest BCUT2D eigenvalue weighted by Crippen LogP contribution is 2.28. The molecule has 2 amide bonds. The molecule has 0 spiro atoms. The van der Waals surface area contributed by atoms with Crippen LogP contribution in [0.25, 0.3) is 0 Å². The average Bonchev–Trinajstić information content (AvgIpc) is 3.30. The highest BCUT2D eigenvalue weighted by molar-refractivity contribution is 7.11. The first-order valence-electron chi connectivity index (χ1n) is 10.3. The molecule has 1 aliphatic carbocycles. The fourth-order valence-corrected chi connectivity index (χ4v) is 5.11. The minimum atomic E-state index is 0.0105. The number of carbonyl (C=O) groups excluding carboxylic acids is 2. The number of hydrogen-bond acceptors (Lipinski definition) is 4.